The summed E-state index contributed by atoms with van der Waals surface area (Å²) >= 11 is 0. The third-order valence-electron chi connectivity index (χ3n) is 5.43. The molecule has 7 nitrogen and oxygen atoms in total. The highest BCUT2D eigenvalue weighted by Crippen LogP contribution is 2.28. The van der Waals surface area contributed by atoms with Crippen LogP contribution in [0.15, 0.2) is 47.5 Å². The van der Waals surface area contributed by atoms with Gasteiger partial charge in [0.25, 0.3) is 0 Å². The third kappa shape index (κ3) is 5.90. The van der Waals surface area contributed by atoms with E-state index in [1.165, 1.54) is 5.56 Å². The first-order valence-electron chi connectivity index (χ1n) is 10.7. The van der Waals surface area contributed by atoms with Gasteiger partial charge in [-0.25, -0.2) is 0 Å². The normalized spacial score (nSPS) is 13.0. The van der Waals surface area contributed by atoms with Gasteiger partial charge in [-0.2, -0.15) is 0 Å². The van der Waals surface area contributed by atoms with Crippen LogP contribution in [0.3, 0.4) is 0 Å². The van der Waals surface area contributed by atoms with Crippen LogP contribution in [0, 0.1) is 0 Å². The monoisotopic (exact) mass is 424 g/mol. The predicted molar refractivity (Wildman–Crippen MR) is 124 cm³/mol. The highest BCUT2D eigenvalue weighted by molar-refractivity contribution is 5.95. The zero-order valence-electron chi connectivity index (χ0n) is 18.6. The molecule has 0 aromatic heterocycles. The van der Waals surface area contributed by atoms with Crippen molar-refractivity contribution in [3.8, 4) is 11.5 Å². The lowest BCUT2D eigenvalue weighted by Crippen LogP contribution is -2.39. The molecule has 0 bridgehead atoms. The molecule has 166 valence electrons. The number of hydrogen-bond donors (Lipinski definition) is 2. The molecule has 7 heteroatoms. The van der Waals surface area contributed by atoms with Crippen molar-refractivity contribution in [2.75, 3.05) is 45.8 Å². The SMILES string of the molecule is CN=C(NCCCC(=O)N1CCc2ccccc21)NCCc1ccc(OC)c(OC)c1. The van der Waals surface area contributed by atoms with E-state index in [9.17, 15) is 4.79 Å². The molecule has 1 amide bonds. The van der Waals surface area contributed by atoms with E-state index in [-0.39, 0.29) is 5.91 Å². The van der Waals surface area contributed by atoms with Crippen LogP contribution in [-0.4, -0.2) is 52.8 Å². The van der Waals surface area contributed by atoms with Crippen LogP contribution in [0.2, 0.25) is 0 Å². The Morgan fingerprint density at radius 2 is 1.84 bits per heavy atom. The smallest absolute Gasteiger partial charge is 0.227 e. The molecule has 31 heavy (non-hydrogen) atoms. The van der Waals surface area contributed by atoms with Gasteiger partial charge in [0, 0.05) is 38.8 Å². The summed E-state index contributed by atoms with van der Waals surface area (Å²) in [5.41, 5.74) is 3.47. The topological polar surface area (TPSA) is 75.2 Å². The second kappa shape index (κ2) is 11.2. The Bertz CT molecular complexity index is 913. The molecule has 0 unspecified atom stereocenters. The fourth-order valence-corrected chi connectivity index (χ4v) is 3.76. The number of nitrogens with one attached hydrogen (secondary N) is 2. The van der Waals surface area contributed by atoms with Gasteiger partial charge in [0.05, 0.1) is 14.2 Å². The molecule has 1 aliphatic rings. The molecular formula is C24H32N4O3. The van der Waals surface area contributed by atoms with Gasteiger partial charge in [-0.15, -0.1) is 0 Å². The lowest BCUT2D eigenvalue weighted by atomic mass is 10.1. The van der Waals surface area contributed by atoms with Gasteiger partial charge in [-0.1, -0.05) is 24.3 Å². The average Bonchev–Trinajstić information content (AvgIpc) is 3.24. The summed E-state index contributed by atoms with van der Waals surface area (Å²) in [5.74, 6) is 2.37. The van der Waals surface area contributed by atoms with E-state index in [0.29, 0.717) is 13.0 Å². The standard InChI is InChI=1S/C24H32N4O3/c1-25-24(27-15-12-18-10-11-21(30-2)22(17-18)31-3)26-14-6-9-23(29)28-16-13-19-7-4-5-8-20(19)28/h4-5,7-8,10-11,17H,6,9,12-16H2,1-3H3,(H2,25,26,27). The Morgan fingerprint density at radius 3 is 2.61 bits per heavy atom. The fraction of sp³-hybridized carbons (Fsp3) is 0.417. The van der Waals surface area contributed by atoms with Gasteiger partial charge in [0.2, 0.25) is 5.91 Å². The number of anilines is 1. The van der Waals surface area contributed by atoms with E-state index in [1.807, 2.05) is 41.3 Å². The van der Waals surface area contributed by atoms with Crippen molar-refractivity contribution in [2.24, 2.45) is 4.99 Å². The van der Waals surface area contributed by atoms with Crippen LogP contribution in [0.4, 0.5) is 5.69 Å². The minimum absolute atomic E-state index is 0.183. The quantitative estimate of drug-likeness (QED) is 0.368. The maximum Gasteiger partial charge on any atom is 0.227 e. The summed E-state index contributed by atoms with van der Waals surface area (Å²) in [6.07, 6.45) is 3.04. The molecule has 2 aromatic rings. The molecule has 0 saturated carbocycles. The number of ether oxygens (including phenoxy) is 2. The van der Waals surface area contributed by atoms with Crippen LogP contribution >= 0.6 is 0 Å². The van der Waals surface area contributed by atoms with Crippen molar-refractivity contribution in [1.82, 2.24) is 10.6 Å². The zero-order chi connectivity index (χ0) is 22.1. The van der Waals surface area contributed by atoms with E-state index in [1.54, 1.807) is 21.3 Å². The first-order valence-corrected chi connectivity index (χ1v) is 10.7. The van der Waals surface area contributed by atoms with Crippen LogP contribution in [0.5, 0.6) is 11.5 Å². The molecule has 0 saturated heterocycles. The Hall–Kier alpha value is -3.22. The zero-order valence-corrected chi connectivity index (χ0v) is 18.6. The number of amides is 1. The summed E-state index contributed by atoms with van der Waals surface area (Å²) in [6.45, 7) is 2.21. The van der Waals surface area contributed by atoms with Gasteiger partial charge >= 0.3 is 0 Å². The van der Waals surface area contributed by atoms with Gasteiger partial charge in [-0.05, 0) is 48.6 Å². The number of fused-ring (bicyclic) bond motifs is 1. The minimum atomic E-state index is 0.183. The van der Waals surface area contributed by atoms with E-state index >= 15 is 0 Å². The molecule has 2 N–H and O–H groups in total. The highest BCUT2D eigenvalue weighted by Gasteiger charge is 2.23. The van der Waals surface area contributed by atoms with Gasteiger partial charge < -0.3 is 25.0 Å². The van der Waals surface area contributed by atoms with Crippen molar-refractivity contribution >= 4 is 17.6 Å². The van der Waals surface area contributed by atoms with Crippen molar-refractivity contribution in [3.05, 3.63) is 53.6 Å². The fourth-order valence-electron chi connectivity index (χ4n) is 3.76. The lowest BCUT2D eigenvalue weighted by Gasteiger charge is -2.17. The Kier molecular flexibility index (Phi) is 8.15. The molecule has 0 fully saturated rings. The number of aliphatic imine (C=N–C) groups is 1. The molecule has 0 radical (unpaired) electrons. The summed E-state index contributed by atoms with van der Waals surface area (Å²) in [6, 6.07) is 14.1. The number of para-hydroxylation sites is 1. The first kappa shape index (κ1) is 22.5. The molecule has 3 rings (SSSR count). The van der Waals surface area contributed by atoms with Crippen molar-refractivity contribution in [3.63, 3.8) is 0 Å². The highest BCUT2D eigenvalue weighted by atomic mass is 16.5. The second-order valence-electron chi connectivity index (χ2n) is 7.39. The number of nitrogens with zero attached hydrogens (tertiary/aromatic N) is 2. The van der Waals surface area contributed by atoms with Crippen molar-refractivity contribution < 1.29 is 14.3 Å². The number of carbonyl (C=O) groups is 1. The predicted octanol–water partition coefficient (Wildman–Crippen LogP) is 2.78. The van der Waals surface area contributed by atoms with Crippen molar-refractivity contribution in [2.45, 2.75) is 25.7 Å². The second-order valence-corrected chi connectivity index (χ2v) is 7.39. The van der Waals surface area contributed by atoms with Gasteiger partial charge in [0.15, 0.2) is 17.5 Å². The molecule has 1 heterocycles. The number of benzene rings is 2. The van der Waals surface area contributed by atoms with Crippen LogP contribution in [0.1, 0.15) is 24.0 Å². The van der Waals surface area contributed by atoms with Crippen LogP contribution in [0.25, 0.3) is 0 Å². The summed E-state index contributed by atoms with van der Waals surface area (Å²) in [4.78, 5) is 18.7. The van der Waals surface area contributed by atoms with E-state index in [0.717, 1.165) is 61.1 Å². The Balaban J connectivity index is 1.37. The van der Waals surface area contributed by atoms with Gasteiger partial charge in [-0.3, -0.25) is 9.79 Å². The van der Waals surface area contributed by atoms with E-state index in [2.05, 4.69) is 21.7 Å². The number of guanidine groups is 1. The van der Waals surface area contributed by atoms with Crippen LogP contribution in [-0.2, 0) is 17.6 Å². The van der Waals surface area contributed by atoms with Crippen LogP contribution < -0.4 is 25.0 Å². The number of carbonyl (C=O) groups excluding carboxylic acids is 1. The first-order chi connectivity index (χ1) is 15.2. The largest absolute Gasteiger partial charge is 0.493 e. The Labute approximate surface area is 184 Å². The van der Waals surface area contributed by atoms with E-state index in [4.69, 9.17) is 9.47 Å². The van der Waals surface area contributed by atoms with Gasteiger partial charge in [0.1, 0.15) is 0 Å². The Morgan fingerprint density at radius 1 is 1.06 bits per heavy atom. The number of rotatable bonds is 9. The molecule has 0 atom stereocenters. The molecular weight excluding hydrogens is 392 g/mol. The number of methoxy groups -OCH3 is 2. The lowest BCUT2D eigenvalue weighted by molar-refractivity contribution is -0.118. The summed E-state index contributed by atoms with van der Waals surface area (Å²) in [5, 5.41) is 6.60. The molecule has 0 spiro atoms. The summed E-state index contributed by atoms with van der Waals surface area (Å²) < 4.78 is 10.6. The maximum absolute atomic E-state index is 12.6. The third-order valence-corrected chi connectivity index (χ3v) is 5.43. The minimum Gasteiger partial charge on any atom is -0.493 e. The molecule has 2 aromatic carbocycles. The number of hydrogen-bond acceptors (Lipinski definition) is 4. The molecule has 0 aliphatic carbocycles. The molecule has 1 aliphatic heterocycles. The van der Waals surface area contributed by atoms with Crippen molar-refractivity contribution in [1.29, 1.82) is 0 Å². The summed E-state index contributed by atoms with van der Waals surface area (Å²) in [7, 11) is 5.02. The maximum atomic E-state index is 12.6. The average molecular weight is 425 g/mol. The van der Waals surface area contributed by atoms with E-state index < -0.39 is 0 Å².